The normalized spacial score (nSPS) is 11.3. The summed E-state index contributed by atoms with van der Waals surface area (Å²) < 4.78 is 33.1. The van der Waals surface area contributed by atoms with Gasteiger partial charge in [0.25, 0.3) is 0 Å². The van der Waals surface area contributed by atoms with Crippen molar-refractivity contribution >= 4 is 26.0 Å². The van der Waals surface area contributed by atoms with E-state index in [0.29, 0.717) is 16.5 Å². The van der Waals surface area contributed by atoms with Crippen molar-refractivity contribution in [1.29, 1.82) is 5.26 Å². The largest absolute Gasteiger partial charge is 0.497 e. The molecule has 0 N–H and O–H groups in total. The molecule has 0 atom stereocenters. The lowest BCUT2D eigenvalue weighted by Gasteiger charge is -2.18. The Bertz CT molecular complexity index is 1170. The van der Waals surface area contributed by atoms with Crippen LogP contribution in [0.2, 0.25) is 0 Å². The molecule has 0 bridgehead atoms. The van der Waals surface area contributed by atoms with E-state index in [2.05, 4.69) is 20.9 Å². The van der Waals surface area contributed by atoms with Gasteiger partial charge in [-0.25, -0.2) is 8.42 Å². The van der Waals surface area contributed by atoms with Gasteiger partial charge in [-0.1, -0.05) is 34.1 Å². The van der Waals surface area contributed by atoms with E-state index in [4.69, 9.17) is 10.00 Å². The fourth-order valence-corrected chi connectivity index (χ4v) is 4.73. The molecule has 3 aromatic rings. The molecule has 0 aliphatic rings. The number of sulfonamides is 1. The van der Waals surface area contributed by atoms with Gasteiger partial charge in [0.15, 0.2) is 0 Å². The lowest BCUT2D eigenvalue weighted by Crippen LogP contribution is -2.26. The van der Waals surface area contributed by atoms with E-state index in [1.54, 1.807) is 56.6 Å². The Morgan fingerprint density at radius 3 is 2.43 bits per heavy atom. The molecule has 0 radical (unpaired) electrons. The van der Waals surface area contributed by atoms with Crippen LogP contribution >= 0.6 is 15.9 Å². The predicted molar refractivity (Wildman–Crippen MR) is 118 cm³/mol. The molecule has 6 nitrogen and oxygen atoms in total. The molecule has 0 unspecified atom stereocenters. The molecule has 0 spiro atoms. The van der Waals surface area contributed by atoms with Gasteiger partial charge < -0.3 is 4.74 Å². The molecule has 0 aliphatic carbocycles. The first-order valence-electron chi connectivity index (χ1n) is 9.06. The van der Waals surface area contributed by atoms with Crippen LogP contribution in [-0.4, -0.2) is 31.9 Å². The Balaban J connectivity index is 1.76. The summed E-state index contributed by atoms with van der Waals surface area (Å²) in [5.41, 5.74) is 3.06. The molecule has 0 saturated carbocycles. The molecular formula is C22H20BrN3O3S. The van der Waals surface area contributed by atoms with Crippen molar-refractivity contribution in [2.24, 2.45) is 0 Å². The summed E-state index contributed by atoms with van der Waals surface area (Å²) in [5.74, 6) is 0.723. The van der Waals surface area contributed by atoms with E-state index in [0.717, 1.165) is 22.6 Å². The van der Waals surface area contributed by atoms with Crippen molar-refractivity contribution in [3.05, 3.63) is 87.7 Å². The van der Waals surface area contributed by atoms with Crippen LogP contribution in [0, 0.1) is 11.3 Å². The first-order chi connectivity index (χ1) is 14.3. The molecule has 154 valence electrons. The SMILES string of the molecule is COc1ccc(CN(C)S(=O)(=O)c2ccc(Cc3ccc(C#N)cn3)c(Br)c2)cc1. The highest BCUT2D eigenvalue weighted by Crippen LogP contribution is 2.26. The number of hydrogen-bond acceptors (Lipinski definition) is 5. The van der Waals surface area contributed by atoms with Crippen LogP contribution in [0.4, 0.5) is 0 Å². The molecule has 1 heterocycles. The zero-order valence-electron chi connectivity index (χ0n) is 16.5. The van der Waals surface area contributed by atoms with E-state index in [1.807, 2.05) is 18.2 Å². The first-order valence-corrected chi connectivity index (χ1v) is 11.3. The summed E-state index contributed by atoms with van der Waals surface area (Å²) >= 11 is 3.48. The van der Waals surface area contributed by atoms with Crippen LogP contribution in [-0.2, 0) is 23.0 Å². The second kappa shape index (κ2) is 9.39. The fraction of sp³-hybridized carbons (Fsp3) is 0.182. The van der Waals surface area contributed by atoms with Gasteiger partial charge >= 0.3 is 0 Å². The molecule has 30 heavy (non-hydrogen) atoms. The average Bonchev–Trinajstić information content (AvgIpc) is 2.76. The number of rotatable bonds is 7. The minimum Gasteiger partial charge on any atom is -0.497 e. The second-order valence-electron chi connectivity index (χ2n) is 6.69. The maximum Gasteiger partial charge on any atom is 0.243 e. The van der Waals surface area contributed by atoms with Gasteiger partial charge in [-0.3, -0.25) is 4.98 Å². The molecule has 0 saturated heterocycles. The van der Waals surface area contributed by atoms with E-state index >= 15 is 0 Å². The van der Waals surface area contributed by atoms with E-state index in [-0.39, 0.29) is 11.4 Å². The molecule has 2 aromatic carbocycles. The highest BCUT2D eigenvalue weighted by molar-refractivity contribution is 9.10. The molecular weight excluding hydrogens is 466 g/mol. The van der Waals surface area contributed by atoms with Crippen molar-refractivity contribution in [1.82, 2.24) is 9.29 Å². The topological polar surface area (TPSA) is 83.3 Å². The average molecular weight is 486 g/mol. The number of hydrogen-bond donors (Lipinski definition) is 0. The monoisotopic (exact) mass is 485 g/mol. The number of aromatic nitrogens is 1. The van der Waals surface area contributed by atoms with Gasteiger partial charge in [0, 0.05) is 36.4 Å². The van der Waals surface area contributed by atoms with Crippen molar-refractivity contribution < 1.29 is 13.2 Å². The second-order valence-corrected chi connectivity index (χ2v) is 9.59. The fourth-order valence-electron chi connectivity index (χ4n) is 2.88. The van der Waals surface area contributed by atoms with E-state index in [9.17, 15) is 8.42 Å². The molecule has 0 amide bonds. The van der Waals surface area contributed by atoms with Crippen LogP contribution in [0.15, 0.2) is 70.2 Å². The smallest absolute Gasteiger partial charge is 0.243 e. The maximum absolute atomic E-state index is 13.0. The Labute approximate surface area is 184 Å². The number of nitriles is 1. The summed E-state index contributed by atoms with van der Waals surface area (Å²) in [6.07, 6.45) is 2.05. The third-order valence-electron chi connectivity index (χ3n) is 4.62. The van der Waals surface area contributed by atoms with Gasteiger partial charge in [-0.2, -0.15) is 9.57 Å². The summed E-state index contributed by atoms with van der Waals surface area (Å²) in [5, 5.41) is 8.87. The van der Waals surface area contributed by atoms with Crippen molar-refractivity contribution in [3.8, 4) is 11.8 Å². The van der Waals surface area contributed by atoms with Gasteiger partial charge in [-0.05, 0) is 47.5 Å². The summed E-state index contributed by atoms with van der Waals surface area (Å²) in [6.45, 7) is 0.251. The summed E-state index contributed by atoms with van der Waals surface area (Å²) in [4.78, 5) is 4.48. The third kappa shape index (κ3) is 5.05. The Hall–Kier alpha value is -2.73. The molecule has 0 aliphatic heterocycles. The highest BCUT2D eigenvalue weighted by atomic mass is 79.9. The number of benzene rings is 2. The lowest BCUT2D eigenvalue weighted by molar-refractivity contribution is 0.414. The molecule has 1 aromatic heterocycles. The van der Waals surface area contributed by atoms with Gasteiger partial charge in [0.05, 0.1) is 17.6 Å². The maximum atomic E-state index is 13.0. The number of ether oxygens (including phenoxy) is 1. The number of pyridine rings is 1. The minimum absolute atomic E-state index is 0.210. The summed E-state index contributed by atoms with van der Waals surface area (Å²) in [6, 6.07) is 17.8. The lowest BCUT2D eigenvalue weighted by atomic mass is 10.1. The number of methoxy groups -OCH3 is 1. The predicted octanol–water partition coefficient (Wildman–Crippen LogP) is 4.14. The number of nitrogens with zero attached hydrogens (tertiary/aromatic N) is 3. The van der Waals surface area contributed by atoms with Gasteiger partial charge in [0.1, 0.15) is 11.8 Å². The highest BCUT2D eigenvalue weighted by Gasteiger charge is 2.22. The first kappa shape index (κ1) is 22.0. The standard InChI is InChI=1S/C22H20BrN3O3S/c1-26(15-16-4-8-20(29-2)9-5-16)30(27,28)21-10-6-18(22(23)12-21)11-19-7-3-17(13-24)14-25-19/h3-10,12,14H,11,15H2,1-2H3. The van der Waals surface area contributed by atoms with Crippen LogP contribution in [0.5, 0.6) is 5.75 Å². The zero-order chi connectivity index (χ0) is 21.7. The van der Waals surface area contributed by atoms with E-state index < -0.39 is 10.0 Å². The Kier molecular flexibility index (Phi) is 6.87. The van der Waals surface area contributed by atoms with Crippen LogP contribution in [0.1, 0.15) is 22.4 Å². The Morgan fingerprint density at radius 2 is 1.87 bits per heavy atom. The summed E-state index contributed by atoms with van der Waals surface area (Å²) in [7, 11) is -0.508. The molecule has 8 heteroatoms. The van der Waals surface area contributed by atoms with Crippen LogP contribution < -0.4 is 4.74 Å². The van der Waals surface area contributed by atoms with Crippen molar-refractivity contribution in [2.45, 2.75) is 17.9 Å². The molecule has 0 fully saturated rings. The van der Waals surface area contributed by atoms with Gasteiger partial charge in [-0.15, -0.1) is 0 Å². The van der Waals surface area contributed by atoms with Crippen LogP contribution in [0.3, 0.4) is 0 Å². The quantitative estimate of drug-likeness (QED) is 0.502. The number of halogens is 1. The van der Waals surface area contributed by atoms with Crippen molar-refractivity contribution in [2.75, 3.05) is 14.2 Å². The van der Waals surface area contributed by atoms with E-state index in [1.165, 1.54) is 10.5 Å². The minimum atomic E-state index is -3.65. The zero-order valence-corrected chi connectivity index (χ0v) is 18.9. The van der Waals surface area contributed by atoms with Gasteiger partial charge in [0.2, 0.25) is 10.0 Å². The van der Waals surface area contributed by atoms with Crippen molar-refractivity contribution in [3.63, 3.8) is 0 Å². The third-order valence-corrected chi connectivity index (χ3v) is 7.16. The molecule has 3 rings (SSSR count). The Morgan fingerprint density at radius 1 is 1.13 bits per heavy atom. The van der Waals surface area contributed by atoms with Crippen LogP contribution in [0.25, 0.3) is 0 Å².